The van der Waals surface area contributed by atoms with Crippen LogP contribution in [0.4, 0.5) is 0 Å². The molecule has 0 N–H and O–H groups in total. The van der Waals surface area contributed by atoms with Crippen molar-refractivity contribution in [3.8, 4) is 0 Å². The predicted octanol–water partition coefficient (Wildman–Crippen LogP) is 2.26. The molecular formula is C7H10Br2O2. The summed E-state index contributed by atoms with van der Waals surface area (Å²) in [5.74, 6) is -0.331. The Hall–Kier alpha value is 0.170. The zero-order chi connectivity index (χ0) is 8.85. The third-order valence-electron chi connectivity index (χ3n) is 1.06. The van der Waals surface area contributed by atoms with E-state index in [1.54, 1.807) is 6.08 Å². The number of ether oxygens (including phenoxy) is 1. The van der Waals surface area contributed by atoms with Gasteiger partial charge in [-0.1, -0.05) is 44.9 Å². The maximum absolute atomic E-state index is 10.6. The Bertz CT molecular complexity index is 155. The fourth-order valence-corrected chi connectivity index (χ4v) is 0.720. The lowest BCUT2D eigenvalue weighted by atomic mass is 10.3. The van der Waals surface area contributed by atoms with Gasteiger partial charge in [0.1, 0.15) is 0 Å². The normalized spacial score (nSPS) is 16.4. The summed E-state index contributed by atoms with van der Waals surface area (Å²) in [4.78, 5) is 11.0. The maximum atomic E-state index is 10.6. The van der Waals surface area contributed by atoms with Crippen molar-refractivity contribution in [2.75, 3.05) is 7.11 Å². The summed E-state index contributed by atoms with van der Waals surface area (Å²) < 4.78 is 4.42. The number of hydrogen-bond donors (Lipinski definition) is 0. The second-order valence-corrected chi connectivity index (χ2v) is 4.51. The molecule has 2 atom stereocenters. The predicted molar refractivity (Wildman–Crippen MR) is 52.3 cm³/mol. The van der Waals surface area contributed by atoms with Crippen LogP contribution in [0.3, 0.4) is 0 Å². The van der Waals surface area contributed by atoms with E-state index >= 15 is 0 Å². The Morgan fingerprint density at radius 1 is 1.55 bits per heavy atom. The highest BCUT2D eigenvalue weighted by Crippen LogP contribution is 2.14. The summed E-state index contributed by atoms with van der Waals surface area (Å²) in [6.45, 7) is 1.99. The number of esters is 1. The molecule has 64 valence electrons. The molecule has 0 aromatic heterocycles. The van der Waals surface area contributed by atoms with Crippen LogP contribution >= 0.6 is 31.9 Å². The number of hydrogen-bond acceptors (Lipinski definition) is 2. The molecule has 0 spiro atoms. The average Bonchev–Trinajstić information content (AvgIpc) is 1.99. The number of allylic oxidation sites excluding steroid dienone is 1. The van der Waals surface area contributed by atoms with Gasteiger partial charge in [-0.15, -0.1) is 0 Å². The second-order valence-electron chi connectivity index (χ2n) is 2.00. The molecule has 0 saturated heterocycles. The summed E-state index contributed by atoms with van der Waals surface area (Å²) in [6.07, 6.45) is 3.14. The van der Waals surface area contributed by atoms with Gasteiger partial charge in [0, 0.05) is 15.7 Å². The van der Waals surface area contributed by atoms with Gasteiger partial charge < -0.3 is 4.74 Å². The number of alkyl halides is 2. The zero-order valence-corrected chi connectivity index (χ0v) is 9.55. The van der Waals surface area contributed by atoms with Gasteiger partial charge in [-0.2, -0.15) is 0 Å². The first-order valence-corrected chi connectivity index (χ1v) is 4.95. The topological polar surface area (TPSA) is 26.3 Å². The van der Waals surface area contributed by atoms with Crippen LogP contribution in [0.5, 0.6) is 0 Å². The molecule has 0 rings (SSSR count). The lowest BCUT2D eigenvalue weighted by molar-refractivity contribution is -0.134. The van der Waals surface area contributed by atoms with Gasteiger partial charge in [0.25, 0.3) is 0 Å². The lowest BCUT2D eigenvalue weighted by Crippen LogP contribution is -2.06. The van der Waals surface area contributed by atoms with Crippen LogP contribution in [0.25, 0.3) is 0 Å². The lowest BCUT2D eigenvalue weighted by Gasteiger charge is -2.04. The fourth-order valence-electron chi connectivity index (χ4n) is 0.392. The van der Waals surface area contributed by atoms with Crippen molar-refractivity contribution in [1.29, 1.82) is 0 Å². The minimum Gasteiger partial charge on any atom is -0.466 e. The molecule has 0 aromatic rings. The monoisotopic (exact) mass is 284 g/mol. The molecule has 0 aliphatic carbocycles. The third kappa shape index (κ3) is 5.44. The molecule has 0 aromatic carbocycles. The van der Waals surface area contributed by atoms with Crippen LogP contribution in [0.2, 0.25) is 0 Å². The molecule has 0 radical (unpaired) electrons. The Balaban J connectivity index is 3.82. The zero-order valence-electron chi connectivity index (χ0n) is 6.38. The van der Waals surface area contributed by atoms with Gasteiger partial charge >= 0.3 is 5.97 Å². The summed E-state index contributed by atoms with van der Waals surface area (Å²) in [6, 6.07) is 0. The van der Waals surface area contributed by atoms with Gasteiger partial charge in [-0.3, -0.25) is 0 Å². The molecule has 0 fully saturated rings. The van der Waals surface area contributed by atoms with Gasteiger partial charge in [0.05, 0.1) is 7.11 Å². The maximum Gasteiger partial charge on any atom is 0.330 e. The SMILES string of the molecule is COC(=O)/C=C/C(Br)C(C)Br. The molecule has 11 heavy (non-hydrogen) atoms. The molecule has 0 bridgehead atoms. The molecule has 0 saturated carbocycles. The first-order valence-electron chi connectivity index (χ1n) is 3.12. The van der Waals surface area contributed by atoms with E-state index in [4.69, 9.17) is 0 Å². The average molecular weight is 286 g/mol. The van der Waals surface area contributed by atoms with Crippen molar-refractivity contribution in [2.24, 2.45) is 0 Å². The van der Waals surface area contributed by atoms with E-state index in [0.29, 0.717) is 4.83 Å². The van der Waals surface area contributed by atoms with E-state index in [-0.39, 0.29) is 10.8 Å². The van der Waals surface area contributed by atoms with Crippen LogP contribution in [-0.4, -0.2) is 22.7 Å². The standard InChI is InChI=1S/C7H10Br2O2/c1-5(8)6(9)3-4-7(10)11-2/h3-6H,1-2H3/b4-3+. The van der Waals surface area contributed by atoms with E-state index in [0.717, 1.165) is 0 Å². The molecule has 4 heteroatoms. The van der Waals surface area contributed by atoms with Crippen molar-refractivity contribution in [2.45, 2.75) is 16.6 Å². The largest absolute Gasteiger partial charge is 0.466 e. The molecule has 2 nitrogen and oxygen atoms in total. The Morgan fingerprint density at radius 3 is 2.45 bits per heavy atom. The summed E-state index contributed by atoms with van der Waals surface area (Å²) in [7, 11) is 1.35. The van der Waals surface area contributed by atoms with Crippen LogP contribution in [0.15, 0.2) is 12.2 Å². The Kier molecular flexibility index (Phi) is 5.86. The first kappa shape index (κ1) is 11.2. The minimum atomic E-state index is -0.331. The van der Waals surface area contributed by atoms with E-state index < -0.39 is 0 Å². The van der Waals surface area contributed by atoms with E-state index in [1.165, 1.54) is 13.2 Å². The van der Waals surface area contributed by atoms with Crippen molar-refractivity contribution in [3.63, 3.8) is 0 Å². The summed E-state index contributed by atoms with van der Waals surface area (Å²) in [5, 5.41) is 0. The van der Waals surface area contributed by atoms with E-state index in [9.17, 15) is 4.79 Å². The van der Waals surface area contributed by atoms with E-state index in [2.05, 4.69) is 36.6 Å². The van der Waals surface area contributed by atoms with E-state index in [1.807, 2.05) is 6.92 Å². The van der Waals surface area contributed by atoms with Crippen molar-refractivity contribution >= 4 is 37.8 Å². The number of carbonyl (C=O) groups excluding carboxylic acids is 1. The molecule has 0 heterocycles. The Labute approximate surface area is 83.2 Å². The number of halogens is 2. The highest BCUT2D eigenvalue weighted by Gasteiger charge is 2.06. The van der Waals surface area contributed by atoms with Crippen LogP contribution < -0.4 is 0 Å². The van der Waals surface area contributed by atoms with Crippen LogP contribution in [0, 0.1) is 0 Å². The molecule has 0 amide bonds. The second kappa shape index (κ2) is 5.77. The Morgan fingerprint density at radius 2 is 2.09 bits per heavy atom. The number of carbonyl (C=O) groups is 1. The number of methoxy groups -OCH3 is 1. The smallest absolute Gasteiger partial charge is 0.330 e. The third-order valence-corrected chi connectivity index (χ3v) is 3.43. The fraction of sp³-hybridized carbons (Fsp3) is 0.571. The summed E-state index contributed by atoms with van der Waals surface area (Å²) in [5.41, 5.74) is 0. The first-order chi connectivity index (χ1) is 5.07. The van der Waals surface area contributed by atoms with Gasteiger partial charge in [0.2, 0.25) is 0 Å². The van der Waals surface area contributed by atoms with Gasteiger partial charge in [-0.05, 0) is 0 Å². The quantitative estimate of drug-likeness (QED) is 0.452. The molecule has 0 aliphatic heterocycles. The van der Waals surface area contributed by atoms with Gasteiger partial charge in [-0.25, -0.2) is 4.79 Å². The minimum absolute atomic E-state index is 0.154. The van der Waals surface area contributed by atoms with Crippen molar-refractivity contribution in [3.05, 3.63) is 12.2 Å². The van der Waals surface area contributed by atoms with Gasteiger partial charge in [0.15, 0.2) is 0 Å². The van der Waals surface area contributed by atoms with Crippen LogP contribution in [-0.2, 0) is 9.53 Å². The summed E-state index contributed by atoms with van der Waals surface area (Å²) >= 11 is 6.72. The number of rotatable bonds is 3. The van der Waals surface area contributed by atoms with Crippen molar-refractivity contribution in [1.82, 2.24) is 0 Å². The van der Waals surface area contributed by atoms with Crippen molar-refractivity contribution < 1.29 is 9.53 Å². The van der Waals surface area contributed by atoms with Crippen LogP contribution in [0.1, 0.15) is 6.92 Å². The molecule has 2 unspecified atom stereocenters. The highest BCUT2D eigenvalue weighted by atomic mass is 79.9. The highest BCUT2D eigenvalue weighted by molar-refractivity contribution is 9.12. The molecule has 0 aliphatic rings. The molecular weight excluding hydrogens is 276 g/mol.